The zero-order valence-corrected chi connectivity index (χ0v) is 20.5. The molecule has 2 aromatic rings. The van der Waals surface area contributed by atoms with Gasteiger partial charge in [-0.05, 0) is 6.42 Å². The van der Waals surface area contributed by atoms with Gasteiger partial charge in [0.15, 0.2) is 17.4 Å². The molecular weight excluding hydrogens is 530 g/mol. The van der Waals surface area contributed by atoms with Crippen molar-refractivity contribution in [2.75, 3.05) is 25.0 Å². The monoisotopic (exact) mass is 556 g/mol. The highest BCUT2D eigenvalue weighted by Crippen LogP contribution is 2.57. The van der Waals surface area contributed by atoms with Gasteiger partial charge in [-0.3, -0.25) is 23.7 Å². The van der Waals surface area contributed by atoms with Crippen LogP contribution >= 0.6 is 15.6 Å². The first-order valence-electron chi connectivity index (χ1n) is 10.5. The maximum Gasteiger partial charge on any atom is 0.481 e. The molecular formula is C16H26N6O12P2. The van der Waals surface area contributed by atoms with E-state index in [1.54, 1.807) is 6.92 Å². The number of hydrogen-bond acceptors (Lipinski definition) is 12. The minimum Gasteiger partial charge on any atom is -0.387 e. The lowest BCUT2D eigenvalue weighted by molar-refractivity contribution is -0.120. The number of imidazole rings is 1. The quantitative estimate of drug-likeness (QED) is 0.107. The summed E-state index contributed by atoms with van der Waals surface area (Å²) in [4.78, 5) is 61.1. The zero-order chi connectivity index (χ0) is 26.7. The average molecular weight is 556 g/mol. The predicted molar refractivity (Wildman–Crippen MR) is 119 cm³/mol. The summed E-state index contributed by atoms with van der Waals surface area (Å²) >= 11 is 0. The largest absolute Gasteiger partial charge is 0.481 e. The van der Waals surface area contributed by atoms with Crippen molar-refractivity contribution in [1.29, 1.82) is 0 Å². The molecule has 5 atom stereocenters. The molecule has 2 aromatic heterocycles. The van der Waals surface area contributed by atoms with Gasteiger partial charge in [-0.25, -0.2) is 14.1 Å². The molecule has 202 valence electrons. The fourth-order valence-corrected chi connectivity index (χ4v) is 4.87. The number of anilines is 1. The highest BCUT2D eigenvalue weighted by atomic mass is 31.3. The molecule has 8 N–H and O–H groups in total. The standard InChI is InChI=1S/C16H26N6O12P2/c1-2-9(23)17-4-3-5-18-16-20-13-10(14(26)21-16)19-7-22(13)15-12(25)11(24)8(33-15)6-32-36(30,31)34-35(27,28)29/h7-8,11-12,15,24-25H,2-6H2,1H3,(H,17,23)(H,30,31)(H2,27,28,29)(H2,18,20,21,26). The summed E-state index contributed by atoms with van der Waals surface area (Å²) in [5, 5.41) is 26.3. The normalized spacial score (nSPS) is 24.1. The lowest BCUT2D eigenvalue weighted by atomic mass is 10.1. The van der Waals surface area contributed by atoms with Crippen LogP contribution in [-0.2, 0) is 27.5 Å². The van der Waals surface area contributed by atoms with Crippen LogP contribution in [0, 0.1) is 0 Å². The van der Waals surface area contributed by atoms with E-state index in [1.807, 2.05) is 0 Å². The second-order valence-corrected chi connectivity index (χ2v) is 10.4. The van der Waals surface area contributed by atoms with Crippen molar-refractivity contribution in [2.45, 2.75) is 44.3 Å². The number of aliphatic hydroxyl groups excluding tert-OH is 2. The van der Waals surface area contributed by atoms with Crippen LogP contribution in [0.4, 0.5) is 5.95 Å². The number of phosphoric ester groups is 1. The van der Waals surface area contributed by atoms with Gasteiger partial charge in [0.25, 0.3) is 5.56 Å². The molecule has 1 amide bonds. The highest BCUT2D eigenvalue weighted by molar-refractivity contribution is 7.60. The number of nitrogens with zero attached hydrogens (tertiary/aromatic N) is 3. The van der Waals surface area contributed by atoms with E-state index in [-0.39, 0.29) is 23.0 Å². The van der Waals surface area contributed by atoms with Gasteiger partial charge in [0.1, 0.15) is 18.3 Å². The van der Waals surface area contributed by atoms with Crippen LogP contribution in [0.25, 0.3) is 11.2 Å². The number of carbonyl (C=O) groups is 1. The first-order chi connectivity index (χ1) is 16.8. The average Bonchev–Trinajstić information content (AvgIpc) is 3.32. The Morgan fingerprint density at radius 2 is 1.97 bits per heavy atom. The van der Waals surface area contributed by atoms with E-state index < -0.39 is 52.4 Å². The number of nitrogens with one attached hydrogen (secondary N) is 3. The van der Waals surface area contributed by atoms with Gasteiger partial charge in [0, 0.05) is 19.5 Å². The minimum atomic E-state index is -5.35. The molecule has 0 bridgehead atoms. The lowest BCUT2D eigenvalue weighted by Crippen LogP contribution is -2.33. The van der Waals surface area contributed by atoms with Gasteiger partial charge in [-0.1, -0.05) is 6.92 Å². The van der Waals surface area contributed by atoms with E-state index in [2.05, 4.69) is 34.4 Å². The van der Waals surface area contributed by atoms with E-state index in [9.17, 15) is 33.8 Å². The van der Waals surface area contributed by atoms with E-state index in [4.69, 9.17) is 14.5 Å². The van der Waals surface area contributed by atoms with Gasteiger partial charge in [0.2, 0.25) is 11.9 Å². The summed E-state index contributed by atoms with van der Waals surface area (Å²) in [7, 11) is -10.6. The Morgan fingerprint density at radius 3 is 2.64 bits per heavy atom. The van der Waals surface area contributed by atoms with Crippen molar-refractivity contribution in [3.05, 3.63) is 16.7 Å². The summed E-state index contributed by atoms with van der Waals surface area (Å²) in [5.41, 5.74) is -0.726. The van der Waals surface area contributed by atoms with Crippen molar-refractivity contribution >= 4 is 38.7 Å². The molecule has 18 nitrogen and oxygen atoms in total. The number of hydrogen-bond donors (Lipinski definition) is 8. The molecule has 0 radical (unpaired) electrons. The van der Waals surface area contributed by atoms with Gasteiger partial charge in [-0.15, -0.1) is 0 Å². The molecule has 1 fully saturated rings. The summed E-state index contributed by atoms with van der Waals surface area (Å²) < 4.78 is 37.2. The van der Waals surface area contributed by atoms with Crippen molar-refractivity contribution < 1.29 is 52.4 Å². The Hall–Kier alpha value is -2.24. The topological polar surface area (TPSA) is 268 Å². The van der Waals surface area contributed by atoms with Crippen LogP contribution in [0.15, 0.2) is 11.1 Å². The van der Waals surface area contributed by atoms with E-state index in [0.717, 1.165) is 10.9 Å². The van der Waals surface area contributed by atoms with E-state index in [1.165, 1.54) is 0 Å². The van der Waals surface area contributed by atoms with E-state index in [0.29, 0.717) is 25.9 Å². The third kappa shape index (κ3) is 7.17. The smallest absolute Gasteiger partial charge is 0.387 e. The third-order valence-corrected chi connectivity index (χ3v) is 7.10. The first-order valence-corrected chi connectivity index (χ1v) is 13.6. The molecule has 36 heavy (non-hydrogen) atoms. The van der Waals surface area contributed by atoms with Crippen molar-refractivity contribution in [3.63, 3.8) is 0 Å². The molecule has 3 rings (SSSR count). The second kappa shape index (κ2) is 11.4. The van der Waals surface area contributed by atoms with Gasteiger partial charge in [0.05, 0.1) is 12.9 Å². The maximum absolute atomic E-state index is 12.4. The molecule has 1 saturated heterocycles. The van der Waals surface area contributed by atoms with Crippen LogP contribution in [0.5, 0.6) is 0 Å². The van der Waals surface area contributed by atoms with Gasteiger partial charge >= 0.3 is 15.6 Å². The number of carbonyl (C=O) groups excluding carboxylic acids is 1. The van der Waals surface area contributed by atoms with Gasteiger partial charge in [-0.2, -0.15) is 9.29 Å². The Kier molecular flexibility index (Phi) is 9.00. The highest BCUT2D eigenvalue weighted by Gasteiger charge is 2.46. The Labute approximate surface area is 202 Å². The molecule has 1 aliphatic heterocycles. The van der Waals surface area contributed by atoms with Crippen molar-refractivity contribution in [3.8, 4) is 0 Å². The number of ether oxygens (including phenoxy) is 1. The predicted octanol–water partition coefficient (Wildman–Crippen LogP) is -1.71. The number of phosphoric acid groups is 2. The number of rotatable bonds is 12. The molecule has 0 spiro atoms. The molecule has 0 aromatic carbocycles. The minimum absolute atomic E-state index is 0.0176. The van der Waals surface area contributed by atoms with Crippen LogP contribution in [0.2, 0.25) is 0 Å². The summed E-state index contributed by atoms with van der Waals surface area (Å²) in [6.45, 7) is 1.61. The number of fused-ring (bicyclic) bond motifs is 1. The number of H-pyrrole nitrogens is 1. The Balaban J connectivity index is 1.70. The van der Waals surface area contributed by atoms with Crippen LogP contribution in [0.1, 0.15) is 26.0 Å². The van der Waals surface area contributed by atoms with Crippen LogP contribution < -0.4 is 16.2 Å². The molecule has 3 heterocycles. The van der Waals surface area contributed by atoms with Crippen LogP contribution in [0.3, 0.4) is 0 Å². The number of aromatic amines is 1. The fourth-order valence-electron chi connectivity index (χ4n) is 3.27. The second-order valence-electron chi connectivity index (χ2n) is 7.61. The van der Waals surface area contributed by atoms with Crippen molar-refractivity contribution in [2.24, 2.45) is 0 Å². The molecule has 20 heteroatoms. The molecule has 1 aliphatic rings. The van der Waals surface area contributed by atoms with E-state index >= 15 is 0 Å². The zero-order valence-electron chi connectivity index (χ0n) is 18.8. The van der Waals surface area contributed by atoms with Crippen molar-refractivity contribution in [1.82, 2.24) is 24.8 Å². The SMILES string of the molecule is CCC(=O)NCCCNc1nc2c(ncn2C2OC(COP(=O)(O)OP(=O)(O)O)C(O)C2O)c(=O)[nH]1. The lowest BCUT2D eigenvalue weighted by Gasteiger charge is -2.17. The molecule has 0 saturated carbocycles. The molecule has 0 aliphatic carbocycles. The maximum atomic E-state index is 12.4. The number of aliphatic hydroxyl groups is 2. The first kappa shape index (κ1) is 28.3. The Bertz CT molecular complexity index is 1230. The summed E-state index contributed by atoms with van der Waals surface area (Å²) in [6, 6.07) is 0. The third-order valence-electron chi connectivity index (χ3n) is 4.94. The fraction of sp³-hybridized carbons (Fsp3) is 0.625. The number of aromatic nitrogens is 4. The van der Waals surface area contributed by atoms with Crippen LogP contribution in [-0.4, -0.2) is 88.3 Å². The number of amides is 1. The molecule has 5 unspecified atom stereocenters. The summed E-state index contributed by atoms with van der Waals surface area (Å²) in [5.74, 6) is -0.0243. The van der Waals surface area contributed by atoms with Gasteiger partial charge < -0.3 is 40.3 Å². The summed E-state index contributed by atoms with van der Waals surface area (Å²) in [6.07, 6.45) is -4.05. The Morgan fingerprint density at radius 1 is 1.25 bits per heavy atom.